The summed E-state index contributed by atoms with van der Waals surface area (Å²) in [6, 6.07) is 17.6. The number of nitrogens with zero attached hydrogens (tertiary/aromatic N) is 4. The number of ether oxygens (including phenoxy) is 1. The third kappa shape index (κ3) is 6.14. The molecule has 0 atom stereocenters. The van der Waals surface area contributed by atoms with Crippen LogP contribution in [0.2, 0.25) is 5.02 Å². The Balaban J connectivity index is 1.71. The minimum absolute atomic E-state index is 0.0894. The van der Waals surface area contributed by atoms with Crippen LogP contribution in [-0.4, -0.2) is 30.8 Å². The number of hydrogen-bond acceptors (Lipinski definition) is 6. The van der Waals surface area contributed by atoms with Crippen molar-refractivity contribution >= 4 is 17.3 Å². The Bertz CT molecular complexity index is 1490. The lowest BCUT2D eigenvalue weighted by Gasteiger charge is -2.11. The van der Waals surface area contributed by atoms with Crippen LogP contribution >= 0.6 is 11.6 Å². The highest BCUT2D eigenvalue weighted by Crippen LogP contribution is 2.23. The maximum atomic E-state index is 13.2. The van der Waals surface area contributed by atoms with Crippen molar-refractivity contribution in [2.24, 2.45) is 4.99 Å². The first-order valence-corrected chi connectivity index (χ1v) is 11.4. The van der Waals surface area contributed by atoms with E-state index in [4.69, 9.17) is 21.4 Å². The molecule has 35 heavy (non-hydrogen) atoms. The second-order valence-electron chi connectivity index (χ2n) is 7.82. The van der Waals surface area contributed by atoms with Crippen molar-refractivity contribution in [1.29, 1.82) is 0 Å². The summed E-state index contributed by atoms with van der Waals surface area (Å²) in [7, 11) is 0. The maximum Gasteiger partial charge on any atom is 0.335 e. The van der Waals surface area contributed by atoms with Gasteiger partial charge in [-0.25, -0.2) is 19.1 Å². The van der Waals surface area contributed by atoms with Crippen LogP contribution in [0.5, 0.6) is 11.5 Å². The molecule has 9 nitrogen and oxygen atoms in total. The zero-order valence-corrected chi connectivity index (χ0v) is 19.8. The Labute approximate surface area is 205 Å². The van der Waals surface area contributed by atoms with Crippen LogP contribution in [0.25, 0.3) is 0 Å². The summed E-state index contributed by atoms with van der Waals surface area (Å²) < 4.78 is 8.27. The molecular weight excluding hydrogens is 470 g/mol. The molecule has 2 heterocycles. The molecule has 4 aromatic rings. The standard InChI is InChI=1S/C25H24ClN5O4/c1-17-15-22(11-12-27-17)35-21-9-7-20(8-10-21)28-23-29-24(33)30(13-2-14-32)25(34)31(23)16-18-3-5-19(26)6-4-18/h3-12,15,32H,2,13-14,16H2,1H3,(H,28,29,33). The van der Waals surface area contributed by atoms with E-state index in [9.17, 15) is 9.59 Å². The predicted molar refractivity (Wildman–Crippen MR) is 132 cm³/mol. The average molecular weight is 494 g/mol. The predicted octanol–water partition coefficient (Wildman–Crippen LogP) is 3.15. The monoisotopic (exact) mass is 493 g/mol. The molecule has 0 saturated carbocycles. The summed E-state index contributed by atoms with van der Waals surface area (Å²) in [4.78, 5) is 37.1. The van der Waals surface area contributed by atoms with Gasteiger partial charge in [0.2, 0.25) is 5.62 Å². The van der Waals surface area contributed by atoms with Gasteiger partial charge in [0.25, 0.3) is 0 Å². The van der Waals surface area contributed by atoms with Gasteiger partial charge in [-0.15, -0.1) is 0 Å². The van der Waals surface area contributed by atoms with E-state index in [2.05, 4.69) is 15.0 Å². The van der Waals surface area contributed by atoms with Gasteiger partial charge in [0.15, 0.2) is 0 Å². The molecule has 0 aliphatic rings. The number of aromatic nitrogens is 4. The minimum atomic E-state index is -0.595. The summed E-state index contributed by atoms with van der Waals surface area (Å²) in [6.07, 6.45) is 1.95. The average Bonchev–Trinajstić information content (AvgIpc) is 2.84. The highest BCUT2D eigenvalue weighted by atomic mass is 35.5. The quantitative estimate of drug-likeness (QED) is 0.391. The summed E-state index contributed by atoms with van der Waals surface area (Å²) >= 11 is 5.98. The summed E-state index contributed by atoms with van der Waals surface area (Å²) in [5.74, 6) is 1.27. The zero-order valence-electron chi connectivity index (χ0n) is 19.0. The molecule has 4 rings (SSSR count). The number of hydrogen-bond donors (Lipinski definition) is 2. The van der Waals surface area contributed by atoms with E-state index >= 15 is 0 Å². The van der Waals surface area contributed by atoms with Gasteiger partial charge in [0.1, 0.15) is 11.5 Å². The number of nitrogens with one attached hydrogen (secondary N) is 1. The topological polar surface area (TPSA) is 115 Å². The number of aliphatic hydroxyl groups excluding tert-OH is 1. The number of benzene rings is 2. The molecule has 0 aliphatic carbocycles. The van der Waals surface area contributed by atoms with E-state index in [1.807, 2.05) is 13.0 Å². The van der Waals surface area contributed by atoms with E-state index in [1.54, 1.807) is 60.8 Å². The normalized spacial score (nSPS) is 11.6. The largest absolute Gasteiger partial charge is 0.457 e. The van der Waals surface area contributed by atoms with Crippen LogP contribution in [0.1, 0.15) is 17.7 Å². The fourth-order valence-electron chi connectivity index (χ4n) is 3.41. The van der Waals surface area contributed by atoms with E-state index in [-0.39, 0.29) is 31.7 Å². The molecular formula is C25H24ClN5O4. The molecule has 0 unspecified atom stereocenters. The van der Waals surface area contributed by atoms with Crippen LogP contribution < -0.4 is 21.7 Å². The summed E-state index contributed by atoms with van der Waals surface area (Å²) in [6.45, 7) is 2.01. The van der Waals surface area contributed by atoms with Gasteiger partial charge in [-0.2, -0.15) is 0 Å². The van der Waals surface area contributed by atoms with Crippen LogP contribution in [0, 0.1) is 6.92 Å². The number of H-pyrrole nitrogens is 1. The molecule has 0 aliphatic heterocycles. The molecule has 2 aromatic carbocycles. The SMILES string of the molecule is Cc1cc(Oc2ccc(/N=c3\[nH]c(=O)n(CCCO)c(=O)n3Cc3ccc(Cl)cc3)cc2)ccn1. The number of pyridine rings is 1. The highest BCUT2D eigenvalue weighted by Gasteiger charge is 2.10. The summed E-state index contributed by atoms with van der Waals surface area (Å²) in [5.41, 5.74) is 1.17. The highest BCUT2D eigenvalue weighted by molar-refractivity contribution is 6.30. The molecule has 0 radical (unpaired) electrons. The van der Waals surface area contributed by atoms with Crippen molar-refractivity contribution in [2.75, 3.05) is 6.61 Å². The minimum Gasteiger partial charge on any atom is -0.457 e. The van der Waals surface area contributed by atoms with E-state index in [0.29, 0.717) is 22.2 Å². The van der Waals surface area contributed by atoms with Gasteiger partial charge in [0.05, 0.1) is 12.2 Å². The Morgan fingerprint density at radius 2 is 1.77 bits per heavy atom. The van der Waals surface area contributed by atoms with E-state index < -0.39 is 11.4 Å². The molecule has 2 N–H and O–H groups in total. The molecule has 0 saturated heterocycles. The van der Waals surface area contributed by atoms with Crippen molar-refractivity contribution in [3.8, 4) is 11.5 Å². The molecule has 0 spiro atoms. The van der Waals surface area contributed by atoms with Crippen LogP contribution in [0.4, 0.5) is 5.69 Å². The second-order valence-corrected chi connectivity index (χ2v) is 8.25. The molecule has 0 bridgehead atoms. The van der Waals surface area contributed by atoms with Crippen molar-refractivity contribution < 1.29 is 9.84 Å². The Hall–Kier alpha value is -3.95. The lowest BCUT2D eigenvalue weighted by Crippen LogP contribution is -2.50. The lowest BCUT2D eigenvalue weighted by atomic mass is 10.2. The van der Waals surface area contributed by atoms with Crippen LogP contribution in [0.15, 0.2) is 81.4 Å². The van der Waals surface area contributed by atoms with Crippen molar-refractivity contribution in [1.82, 2.24) is 19.1 Å². The first-order valence-electron chi connectivity index (χ1n) is 11.0. The Kier molecular flexibility index (Phi) is 7.59. The van der Waals surface area contributed by atoms with Gasteiger partial charge in [-0.3, -0.25) is 14.5 Å². The molecule has 2 aromatic heterocycles. The number of aryl methyl sites for hydroxylation is 1. The third-order valence-corrected chi connectivity index (χ3v) is 5.40. The molecule has 10 heteroatoms. The van der Waals surface area contributed by atoms with Gasteiger partial charge in [-0.05, 0) is 61.4 Å². The summed E-state index contributed by atoms with van der Waals surface area (Å²) in [5, 5.41) is 9.72. The number of halogens is 1. The van der Waals surface area contributed by atoms with Gasteiger partial charge in [0, 0.05) is 36.1 Å². The molecule has 180 valence electrons. The van der Waals surface area contributed by atoms with Crippen LogP contribution in [-0.2, 0) is 13.1 Å². The van der Waals surface area contributed by atoms with Gasteiger partial charge in [-0.1, -0.05) is 23.7 Å². The number of aromatic amines is 1. The van der Waals surface area contributed by atoms with Crippen LogP contribution in [0.3, 0.4) is 0 Å². The second kappa shape index (κ2) is 11.0. The van der Waals surface area contributed by atoms with Crippen molar-refractivity contribution in [2.45, 2.75) is 26.4 Å². The maximum absolute atomic E-state index is 13.2. The van der Waals surface area contributed by atoms with Crippen molar-refractivity contribution in [3.05, 3.63) is 110 Å². The van der Waals surface area contributed by atoms with E-state index in [0.717, 1.165) is 15.8 Å². The Morgan fingerprint density at radius 1 is 1.03 bits per heavy atom. The Morgan fingerprint density at radius 3 is 2.46 bits per heavy atom. The van der Waals surface area contributed by atoms with Crippen molar-refractivity contribution in [3.63, 3.8) is 0 Å². The first-order chi connectivity index (χ1) is 16.9. The first kappa shape index (κ1) is 24.2. The van der Waals surface area contributed by atoms with Gasteiger partial charge >= 0.3 is 11.4 Å². The molecule has 0 fully saturated rings. The number of aliphatic hydroxyl groups is 1. The van der Waals surface area contributed by atoms with Gasteiger partial charge < -0.3 is 9.84 Å². The third-order valence-electron chi connectivity index (χ3n) is 5.15. The van der Waals surface area contributed by atoms with E-state index in [1.165, 1.54) is 4.57 Å². The fraction of sp³-hybridized carbons (Fsp3) is 0.200. The fourth-order valence-corrected chi connectivity index (χ4v) is 3.54. The smallest absolute Gasteiger partial charge is 0.335 e. The number of rotatable bonds is 8. The zero-order chi connectivity index (χ0) is 24.8. The molecule has 0 amide bonds. The lowest BCUT2D eigenvalue weighted by molar-refractivity contribution is 0.276.